The van der Waals surface area contributed by atoms with Gasteiger partial charge in [0.25, 0.3) is 5.56 Å². The summed E-state index contributed by atoms with van der Waals surface area (Å²) in [6.45, 7) is 4.92. The molecular formula is C11H14N2O3. The number of nitrogens with one attached hydrogen (secondary N) is 1. The molecule has 0 bridgehead atoms. The van der Waals surface area contributed by atoms with E-state index in [1.807, 2.05) is 0 Å². The fourth-order valence-corrected chi connectivity index (χ4v) is 1.46. The molecule has 0 aliphatic heterocycles. The first kappa shape index (κ1) is 12.1. The van der Waals surface area contributed by atoms with Gasteiger partial charge in [0, 0.05) is 0 Å². The lowest BCUT2D eigenvalue weighted by Gasteiger charge is -2.22. The van der Waals surface area contributed by atoms with Crippen molar-refractivity contribution in [3.05, 3.63) is 26.4 Å². The molecule has 2 N–H and O–H groups in total. The minimum absolute atomic E-state index is 0.155. The maximum absolute atomic E-state index is 11.6. The van der Waals surface area contributed by atoms with E-state index in [-0.39, 0.29) is 11.4 Å². The van der Waals surface area contributed by atoms with Gasteiger partial charge < -0.3 is 5.11 Å². The number of H-pyrrole nitrogens is 1. The van der Waals surface area contributed by atoms with E-state index in [4.69, 9.17) is 6.42 Å². The third kappa shape index (κ3) is 1.74. The second-order valence-corrected chi connectivity index (χ2v) is 3.95. The molecule has 0 saturated carbocycles. The molecule has 0 aliphatic carbocycles. The molecule has 0 aliphatic rings. The molecule has 5 heteroatoms. The van der Waals surface area contributed by atoms with Gasteiger partial charge in [-0.3, -0.25) is 9.78 Å². The monoisotopic (exact) mass is 222 g/mol. The minimum Gasteiger partial charge on any atom is -0.494 e. The van der Waals surface area contributed by atoms with E-state index in [0.29, 0.717) is 6.42 Å². The first-order chi connectivity index (χ1) is 7.35. The fourth-order valence-electron chi connectivity index (χ4n) is 1.46. The number of terminal acetylenes is 1. The normalized spacial score (nSPS) is 11.1. The second-order valence-electron chi connectivity index (χ2n) is 3.95. The molecule has 0 fully saturated rings. The highest BCUT2D eigenvalue weighted by Gasteiger charge is 2.24. The summed E-state index contributed by atoms with van der Waals surface area (Å²) < 4.78 is 1.01. The summed E-state index contributed by atoms with van der Waals surface area (Å²) in [6, 6.07) is 0. The van der Waals surface area contributed by atoms with Crippen LogP contribution in [0.4, 0.5) is 0 Å². The summed E-state index contributed by atoms with van der Waals surface area (Å²) in [6.07, 6.45) is 5.61. The highest BCUT2D eigenvalue weighted by atomic mass is 16.3. The molecule has 16 heavy (non-hydrogen) atoms. The Balaban J connectivity index is 3.74. The zero-order chi connectivity index (χ0) is 12.5. The van der Waals surface area contributed by atoms with Gasteiger partial charge in [-0.15, -0.1) is 6.42 Å². The van der Waals surface area contributed by atoms with E-state index < -0.39 is 16.8 Å². The van der Waals surface area contributed by atoms with Crippen molar-refractivity contribution in [3.8, 4) is 18.2 Å². The lowest BCUT2D eigenvalue weighted by molar-refractivity contribution is 0.337. The highest BCUT2D eigenvalue weighted by molar-refractivity contribution is 5.26. The second kappa shape index (κ2) is 3.89. The van der Waals surface area contributed by atoms with Gasteiger partial charge in [0.2, 0.25) is 5.88 Å². The van der Waals surface area contributed by atoms with Crippen molar-refractivity contribution in [3.63, 3.8) is 0 Å². The predicted molar refractivity (Wildman–Crippen MR) is 60.5 cm³/mol. The van der Waals surface area contributed by atoms with Gasteiger partial charge >= 0.3 is 5.69 Å². The lowest BCUT2D eigenvalue weighted by Crippen LogP contribution is -2.40. The summed E-state index contributed by atoms with van der Waals surface area (Å²) in [5.74, 6) is 2.03. The van der Waals surface area contributed by atoms with Crippen LogP contribution < -0.4 is 11.2 Å². The summed E-state index contributed by atoms with van der Waals surface area (Å²) in [5.41, 5.74) is -2.12. The Morgan fingerprint density at radius 2 is 2.06 bits per heavy atom. The molecule has 0 saturated heterocycles. The molecule has 0 spiro atoms. The van der Waals surface area contributed by atoms with Gasteiger partial charge in [-0.2, -0.15) is 0 Å². The van der Waals surface area contributed by atoms with E-state index >= 15 is 0 Å². The molecule has 1 rings (SSSR count). The van der Waals surface area contributed by atoms with Crippen LogP contribution in [0.1, 0.15) is 26.3 Å². The number of aromatic nitrogens is 2. The molecule has 0 aromatic carbocycles. The topological polar surface area (TPSA) is 75.1 Å². The van der Waals surface area contributed by atoms with E-state index in [2.05, 4.69) is 10.9 Å². The Bertz CT molecular complexity index is 558. The molecule has 86 valence electrons. The third-order valence-electron chi connectivity index (χ3n) is 2.45. The average Bonchev–Trinajstić information content (AvgIpc) is 2.17. The number of nitrogens with zero attached hydrogens (tertiary/aromatic N) is 1. The van der Waals surface area contributed by atoms with Crippen molar-refractivity contribution in [1.29, 1.82) is 0 Å². The summed E-state index contributed by atoms with van der Waals surface area (Å²) in [7, 11) is 0. The summed E-state index contributed by atoms with van der Waals surface area (Å²) >= 11 is 0. The maximum Gasteiger partial charge on any atom is 0.332 e. The Morgan fingerprint density at radius 3 is 2.50 bits per heavy atom. The van der Waals surface area contributed by atoms with Crippen LogP contribution in [-0.4, -0.2) is 14.7 Å². The zero-order valence-electron chi connectivity index (χ0n) is 9.50. The Labute approximate surface area is 92.8 Å². The van der Waals surface area contributed by atoms with E-state index in [0.717, 1.165) is 4.57 Å². The van der Waals surface area contributed by atoms with Crippen LogP contribution in [0.2, 0.25) is 0 Å². The third-order valence-corrected chi connectivity index (χ3v) is 2.45. The molecule has 1 aromatic heterocycles. The van der Waals surface area contributed by atoms with Gasteiger partial charge in [0.1, 0.15) is 5.54 Å². The van der Waals surface area contributed by atoms with Crippen molar-refractivity contribution in [2.75, 3.05) is 0 Å². The van der Waals surface area contributed by atoms with Crippen LogP contribution in [0.15, 0.2) is 9.59 Å². The van der Waals surface area contributed by atoms with Crippen molar-refractivity contribution >= 4 is 0 Å². The van der Waals surface area contributed by atoms with Crippen LogP contribution in [0.3, 0.4) is 0 Å². The van der Waals surface area contributed by atoms with Gasteiger partial charge in [0.05, 0.1) is 5.56 Å². The smallest absolute Gasteiger partial charge is 0.332 e. The van der Waals surface area contributed by atoms with Crippen LogP contribution >= 0.6 is 0 Å². The Hall–Kier alpha value is -1.96. The summed E-state index contributed by atoms with van der Waals surface area (Å²) in [4.78, 5) is 25.1. The SMILES string of the molecule is C#CC(C)(C)n1c(O)c(CC)c(=O)[nH]c1=O. The van der Waals surface area contributed by atoms with Gasteiger partial charge in [0.15, 0.2) is 0 Å². The molecule has 0 amide bonds. The molecule has 0 atom stereocenters. The van der Waals surface area contributed by atoms with Crippen LogP contribution in [0, 0.1) is 12.3 Å². The van der Waals surface area contributed by atoms with Crippen LogP contribution in [0.5, 0.6) is 5.88 Å². The number of aromatic hydroxyl groups is 1. The molecule has 1 aromatic rings. The molecular weight excluding hydrogens is 208 g/mol. The summed E-state index contributed by atoms with van der Waals surface area (Å²) in [5, 5.41) is 9.86. The molecule has 5 nitrogen and oxygen atoms in total. The molecule has 1 heterocycles. The minimum atomic E-state index is -0.991. The number of rotatable bonds is 2. The maximum atomic E-state index is 11.6. The fraction of sp³-hybridized carbons (Fsp3) is 0.455. The number of hydrogen-bond donors (Lipinski definition) is 2. The Kier molecular flexibility index (Phi) is 2.95. The number of hydrogen-bond acceptors (Lipinski definition) is 3. The van der Waals surface area contributed by atoms with E-state index in [9.17, 15) is 14.7 Å². The highest BCUT2D eigenvalue weighted by Crippen LogP contribution is 2.20. The van der Waals surface area contributed by atoms with Crippen molar-refractivity contribution in [1.82, 2.24) is 9.55 Å². The quantitative estimate of drug-likeness (QED) is 0.700. The van der Waals surface area contributed by atoms with Gasteiger partial charge in [-0.05, 0) is 20.3 Å². The first-order valence-electron chi connectivity index (χ1n) is 4.90. The van der Waals surface area contributed by atoms with Gasteiger partial charge in [-0.1, -0.05) is 12.8 Å². The van der Waals surface area contributed by atoms with Crippen LogP contribution in [0.25, 0.3) is 0 Å². The van der Waals surface area contributed by atoms with E-state index in [1.165, 1.54) is 0 Å². The molecule has 0 radical (unpaired) electrons. The van der Waals surface area contributed by atoms with Crippen molar-refractivity contribution in [2.45, 2.75) is 32.7 Å². The predicted octanol–water partition coefficient (Wildman–Crippen LogP) is 0.173. The van der Waals surface area contributed by atoms with Gasteiger partial charge in [-0.25, -0.2) is 9.36 Å². The number of aromatic amines is 1. The standard InChI is InChI=1S/C11H14N2O3/c1-5-7-8(14)12-10(16)13(9(7)15)11(3,4)6-2/h2,15H,5H2,1,3-4H3,(H,12,14,16). The van der Waals surface area contributed by atoms with Crippen LogP contribution in [-0.2, 0) is 12.0 Å². The largest absolute Gasteiger partial charge is 0.494 e. The Morgan fingerprint density at radius 1 is 1.50 bits per heavy atom. The zero-order valence-corrected chi connectivity index (χ0v) is 9.50. The van der Waals surface area contributed by atoms with Crippen molar-refractivity contribution < 1.29 is 5.11 Å². The molecule has 0 unspecified atom stereocenters. The lowest BCUT2D eigenvalue weighted by atomic mass is 10.1. The first-order valence-corrected chi connectivity index (χ1v) is 4.90. The van der Waals surface area contributed by atoms with Crippen molar-refractivity contribution in [2.24, 2.45) is 0 Å². The average molecular weight is 222 g/mol. The van der Waals surface area contributed by atoms with E-state index in [1.54, 1.807) is 20.8 Å².